The average Bonchev–Trinajstić information content (AvgIpc) is 2.52. The SMILES string of the molecule is CC(C)c1ccc(C(O)C=Cc2ccc(C(C)(C)C)cc2)cc1. The molecule has 122 valence electrons. The molecule has 0 radical (unpaired) electrons. The summed E-state index contributed by atoms with van der Waals surface area (Å²) in [4.78, 5) is 0. The van der Waals surface area contributed by atoms with Crippen molar-refractivity contribution in [3.63, 3.8) is 0 Å². The molecule has 1 heteroatoms. The summed E-state index contributed by atoms with van der Waals surface area (Å²) in [5, 5.41) is 10.3. The van der Waals surface area contributed by atoms with Crippen LogP contribution in [0.4, 0.5) is 0 Å². The van der Waals surface area contributed by atoms with Crippen molar-refractivity contribution >= 4 is 6.08 Å². The molecule has 0 aliphatic carbocycles. The van der Waals surface area contributed by atoms with Crippen molar-refractivity contribution in [2.24, 2.45) is 0 Å². The summed E-state index contributed by atoms with van der Waals surface area (Å²) in [6, 6.07) is 16.7. The molecule has 0 fully saturated rings. The lowest BCUT2D eigenvalue weighted by Gasteiger charge is -2.18. The third-order valence-corrected chi connectivity index (χ3v) is 4.19. The molecule has 0 bridgehead atoms. The van der Waals surface area contributed by atoms with Crippen molar-refractivity contribution in [3.05, 3.63) is 76.9 Å². The minimum atomic E-state index is -0.571. The highest BCUT2D eigenvalue weighted by atomic mass is 16.3. The highest BCUT2D eigenvalue weighted by molar-refractivity contribution is 5.51. The van der Waals surface area contributed by atoms with Gasteiger partial charge in [-0.05, 0) is 33.6 Å². The zero-order valence-electron chi connectivity index (χ0n) is 14.9. The van der Waals surface area contributed by atoms with Crippen LogP contribution < -0.4 is 0 Å². The molecule has 1 nitrogen and oxygen atoms in total. The van der Waals surface area contributed by atoms with Gasteiger partial charge in [0.1, 0.15) is 0 Å². The first-order chi connectivity index (χ1) is 10.8. The minimum Gasteiger partial charge on any atom is -0.384 e. The van der Waals surface area contributed by atoms with E-state index in [-0.39, 0.29) is 5.41 Å². The molecular weight excluding hydrogens is 280 g/mol. The van der Waals surface area contributed by atoms with Crippen LogP contribution in [-0.4, -0.2) is 5.11 Å². The van der Waals surface area contributed by atoms with Crippen LogP contribution in [0.15, 0.2) is 54.6 Å². The maximum atomic E-state index is 10.3. The minimum absolute atomic E-state index is 0.167. The highest BCUT2D eigenvalue weighted by Gasteiger charge is 2.12. The first-order valence-electron chi connectivity index (χ1n) is 8.34. The van der Waals surface area contributed by atoms with Crippen LogP contribution in [-0.2, 0) is 5.41 Å². The summed E-state index contributed by atoms with van der Waals surface area (Å²) in [5.74, 6) is 0.512. The Morgan fingerprint density at radius 2 is 1.35 bits per heavy atom. The van der Waals surface area contributed by atoms with Crippen molar-refractivity contribution < 1.29 is 5.11 Å². The quantitative estimate of drug-likeness (QED) is 0.750. The second-order valence-electron chi connectivity index (χ2n) is 7.50. The van der Waals surface area contributed by atoms with Gasteiger partial charge in [0.05, 0.1) is 6.10 Å². The summed E-state index contributed by atoms with van der Waals surface area (Å²) < 4.78 is 0. The molecule has 2 aromatic rings. The summed E-state index contributed by atoms with van der Waals surface area (Å²) in [5.41, 5.74) is 4.81. The van der Waals surface area contributed by atoms with Crippen molar-refractivity contribution in [2.45, 2.75) is 52.1 Å². The van der Waals surface area contributed by atoms with Crippen LogP contribution in [0.3, 0.4) is 0 Å². The fourth-order valence-electron chi connectivity index (χ4n) is 2.49. The van der Waals surface area contributed by atoms with E-state index in [0.29, 0.717) is 5.92 Å². The Labute approximate surface area is 140 Å². The first kappa shape index (κ1) is 17.5. The van der Waals surface area contributed by atoms with Gasteiger partial charge >= 0.3 is 0 Å². The monoisotopic (exact) mass is 308 g/mol. The Kier molecular flexibility index (Phi) is 5.43. The molecular formula is C22H28O. The Hall–Kier alpha value is -1.86. The molecule has 1 N–H and O–H groups in total. The molecule has 0 heterocycles. The van der Waals surface area contributed by atoms with Crippen LogP contribution in [0.1, 0.15) is 68.9 Å². The molecule has 0 spiro atoms. The van der Waals surface area contributed by atoms with Crippen LogP contribution in [0.2, 0.25) is 0 Å². The number of benzene rings is 2. The van der Waals surface area contributed by atoms with Gasteiger partial charge in [-0.3, -0.25) is 0 Å². The van der Waals surface area contributed by atoms with Gasteiger partial charge in [-0.15, -0.1) is 0 Å². The Morgan fingerprint density at radius 1 is 0.826 bits per heavy atom. The average molecular weight is 308 g/mol. The van der Waals surface area contributed by atoms with Gasteiger partial charge < -0.3 is 5.11 Å². The van der Waals surface area contributed by atoms with Crippen molar-refractivity contribution in [2.75, 3.05) is 0 Å². The zero-order chi connectivity index (χ0) is 17.0. The van der Waals surface area contributed by atoms with Crippen LogP contribution >= 0.6 is 0 Å². The molecule has 1 unspecified atom stereocenters. The third-order valence-electron chi connectivity index (χ3n) is 4.19. The van der Waals surface area contributed by atoms with E-state index in [4.69, 9.17) is 0 Å². The van der Waals surface area contributed by atoms with Crippen molar-refractivity contribution in [1.82, 2.24) is 0 Å². The van der Waals surface area contributed by atoms with E-state index >= 15 is 0 Å². The lowest BCUT2D eigenvalue weighted by atomic mass is 9.87. The predicted octanol–water partition coefficient (Wildman–Crippen LogP) is 5.85. The van der Waals surface area contributed by atoms with E-state index in [1.54, 1.807) is 0 Å². The number of aliphatic hydroxyl groups is 1. The van der Waals surface area contributed by atoms with Crippen LogP contribution in [0.5, 0.6) is 0 Å². The number of aliphatic hydroxyl groups excluding tert-OH is 1. The predicted molar refractivity (Wildman–Crippen MR) is 99.7 cm³/mol. The molecule has 0 saturated carbocycles. The summed E-state index contributed by atoms with van der Waals surface area (Å²) >= 11 is 0. The Morgan fingerprint density at radius 3 is 1.83 bits per heavy atom. The molecule has 2 aromatic carbocycles. The molecule has 23 heavy (non-hydrogen) atoms. The van der Waals surface area contributed by atoms with Gasteiger partial charge in [-0.25, -0.2) is 0 Å². The summed E-state index contributed by atoms with van der Waals surface area (Å²) in [6.45, 7) is 11.0. The fourth-order valence-corrected chi connectivity index (χ4v) is 2.49. The zero-order valence-corrected chi connectivity index (χ0v) is 14.9. The third kappa shape index (κ3) is 4.80. The van der Waals surface area contributed by atoms with Gasteiger partial charge in [-0.2, -0.15) is 0 Å². The van der Waals surface area contributed by atoms with Gasteiger partial charge in [0.15, 0.2) is 0 Å². The highest BCUT2D eigenvalue weighted by Crippen LogP contribution is 2.23. The normalized spacial score (nSPS) is 13.7. The number of rotatable bonds is 4. The molecule has 1 atom stereocenters. The lowest BCUT2D eigenvalue weighted by molar-refractivity contribution is 0.229. The Balaban J connectivity index is 2.07. The van der Waals surface area contributed by atoms with Gasteiger partial charge in [0.25, 0.3) is 0 Å². The fraction of sp³-hybridized carbons (Fsp3) is 0.364. The second-order valence-corrected chi connectivity index (χ2v) is 7.50. The summed E-state index contributed by atoms with van der Waals surface area (Å²) in [6.07, 6.45) is 3.25. The number of hydrogen-bond acceptors (Lipinski definition) is 1. The largest absolute Gasteiger partial charge is 0.384 e. The second kappa shape index (κ2) is 7.14. The van der Waals surface area contributed by atoms with E-state index in [2.05, 4.69) is 71.0 Å². The standard InChI is InChI=1S/C22H28O/c1-16(2)18-9-11-19(12-10-18)21(23)15-8-17-6-13-20(14-7-17)22(3,4)5/h6-16,21,23H,1-5H3. The van der Waals surface area contributed by atoms with E-state index in [1.165, 1.54) is 11.1 Å². The molecule has 0 amide bonds. The van der Waals surface area contributed by atoms with E-state index in [0.717, 1.165) is 11.1 Å². The first-order valence-corrected chi connectivity index (χ1v) is 8.34. The van der Waals surface area contributed by atoms with Gasteiger partial charge in [0.2, 0.25) is 0 Å². The van der Waals surface area contributed by atoms with E-state index in [1.807, 2.05) is 24.3 Å². The maximum absolute atomic E-state index is 10.3. The molecule has 0 aliphatic heterocycles. The molecule has 0 saturated heterocycles. The van der Waals surface area contributed by atoms with E-state index in [9.17, 15) is 5.11 Å². The Bertz CT molecular complexity index is 640. The molecule has 0 aliphatic rings. The van der Waals surface area contributed by atoms with E-state index < -0.39 is 6.10 Å². The van der Waals surface area contributed by atoms with Crippen molar-refractivity contribution in [3.8, 4) is 0 Å². The lowest BCUT2D eigenvalue weighted by Crippen LogP contribution is -2.10. The topological polar surface area (TPSA) is 20.2 Å². The van der Waals surface area contributed by atoms with Crippen LogP contribution in [0.25, 0.3) is 6.08 Å². The molecule has 2 rings (SSSR count). The smallest absolute Gasteiger partial charge is 0.0975 e. The van der Waals surface area contributed by atoms with Gasteiger partial charge in [-0.1, -0.05) is 95.3 Å². The maximum Gasteiger partial charge on any atom is 0.0975 e. The molecule has 0 aromatic heterocycles. The summed E-state index contributed by atoms with van der Waals surface area (Å²) in [7, 11) is 0. The number of hydrogen-bond donors (Lipinski definition) is 1. The van der Waals surface area contributed by atoms with Gasteiger partial charge in [0, 0.05) is 0 Å². The van der Waals surface area contributed by atoms with Crippen LogP contribution in [0, 0.1) is 0 Å². The van der Waals surface area contributed by atoms with Crippen molar-refractivity contribution in [1.29, 1.82) is 0 Å².